The topological polar surface area (TPSA) is 64.7 Å². The summed E-state index contributed by atoms with van der Waals surface area (Å²) in [5, 5.41) is 10.1. The first kappa shape index (κ1) is 20.8. The Bertz CT molecular complexity index is 471. The van der Waals surface area contributed by atoms with Crippen LogP contribution in [0.15, 0.2) is 18.2 Å². The molecule has 0 saturated heterocycles. The normalized spacial score (nSPS) is 15.5. The van der Waals surface area contributed by atoms with E-state index in [0.717, 1.165) is 18.6 Å². The zero-order valence-electron chi connectivity index (χ0n) is 12.6. The molecule has 8 heteroatoms. The molecular formula is C14H21ClF3NO3. The third kappa shape index (κ3) is 5.55. The molecule has 3 atom stereocenters. The van der Waals surface area contributed by atoms with Gasteiger partial charge in [-0.25, -0.2) is 0 Å². The lowest BCUT2D eigenvalue weighted by Gasteiger charge is -2.25. The lowest BCUT2D eigenvalue weighted by atomic mass is 9.91. The van der Waals surface area contributed by atoms with Crippen LogP contribution in [-0.4, -0.2) is 24.7 Å². The monoisotopic (exact) mass is 343 g/mol. The molecule has 0 saturated carbocycles. The predicted molar refractivity (Wildman–Crippen MR) is 79.3 cm³/mol. The smallest absolute Gasteiger partial charge is 0.496 e. The molecule has 1 aromatic carbocycles. The van der Waals surface area contributed by atoms with Crippen LogP contribution in [0, 0.1) is 5.92 Å². The van der Waals surface area contributed by atoms with Crippen LogP contribution in [0.3, 0.4) is 0 Å². The van der Waals surface area contributed by atoms with Gasteiger partial charge in [-0.15, -0.1) is 25.6 Å². The molecule has 22 heavy (non-hydrogen) atoms. The standard InChI is InChI=1S/C14H20F3NO3.ClH/c1-4-8(2)13(19)12(18)10-6-5-9(7-11(10)20-3)21-14(15,16)17;/h5-8,12-13,19H,4,18H2,1-3H3;1H/t8?,12-,13+;/m0./s1. The number of ether oxygens (including phenoxy) is 2. The number of nitrogens with two attached hydrogens (primary N) is 1. The molecule has 0 fully saturated rings. The molecule has 4 nitrogen and oxygen atoms in total. The summed E-state index contributed by atoms with van der Waals surface area (Å²) in [6.07, 6.45) is -4.87. The molecule has 0 bridgehead atoms. The van der Waals surface area contributed by atoms with E-state index in [2.05, 4.69) is 4.74 Å². The van der Waals surface area contributed by atoms with Crippen LogP contribution in [0.4, 0.5) is 13.2 Å². The third-order valence-electron chi connectivity index (χ3n) is 3.39. The van der Waals surface area contributed by atoms with Gasteiger partial charge < -0.3 is 20.3 Å². The van der Waals surface area contributed by atoms with Crippen molar-refractivity contribution in [3.05, 3.63) is 23.8 Å². The fourth-order valence-corrected chi connectivity index (χ4v) is 1.94. The molecule has 0 amide bonds. The van der Waals surface area contributed by atoms with E-state index in [0.29, 0.717) is 5.56 Å². The van der Waals surface area contributed by atoms with Gasteiger partial charge >= 0.3 is 6.36 Å². The molecule has 0 aliphatic heterocycles. The number of hydrogen-bond donors (Lipinski definition) is 2. The first-order valence-electron chi connectivity index (χ1n) is 6.57. The molecule has 0 aliphatic rings. The molecular weight excluding hydrogens is 323 g/mol. The SMILES string of the molecule is CCC(C)[C@@H](O)[C@@H](N)c1ccc(OC(F)(F)F)cc1OC.Cl. The summed E-state index contributed by atoms with van der Waals surface area (Å²) < 4.78 is 45.4. The molecule has 1 unspecified atom stereocenters. The fraction of sp³-hybridized carbons (Fsp3) is 0.571. The Labute approximate surface area is 133 Å². The number of aliphatic hydroxyl groups excluding tert-OH is 1. The maximum absolute atomic E-state index is 12.2. The Morgan fingerprint density at radius 3 is 2.36 bits per heavy atom. The minimum Gasteiger partial charge on any atom is -0.496 e. The van der Waals surface area contributed by atoms with E-state index in [1.165, 1.54) is 13.2 Å². The molecule has 0 aliphatic carbocycles. The van der Waals surface area contributed by atoms with E-state index in [1.807, 2.05) is 13.8 Å². The molecule has 0 radical (unpaired) electrons. The molecule has 3 N–H and O–H groups in total. The van der Waals surface area contributed by atoms with Crippen LogP contribution in [0.5, 0.6) is 11.5 Å². The van der Waals surface area contributed by atoms with E-state index in [-0.39, 0.29) is 24.1 Å². The van der Waals surface area contributed by atoms with Crippen molar-refractivity contribution in [1.82, 2.24) is 0 Å². The molecule has 1 aromatic rings. The first-order valence-corrected chi connectivity index (χ1v) is 6.57. The van der Waals surface area contributed by atoms with E-state index in [9.17, 15) is 18.3 Å². The number of alkyl halides is 3. The second-order valence-corrected chi connectivity index (χ2v) is 4.85. The highest BCUT2D eigenvalue weighted by Crippen LogP contribution is 2.33. The van der Waals surface area contributed by atoms with Crippen molar-refractivity contribution in [3.8, 4) is 11.5 Å². The number of aliphatic hydroxyl groups is 1. The van der Waals surface area contributed by atoms with E-state index in [1.54, 1.807) is 0 Å². The lowest BCUT2D eigenvalue weighted by molar-refractivity contribution is -0.274. The number of halogens is 4. The average Bonchev–Trinajstić information content (AvgIpc) is 2.42. The maximum atomic E-state index is 12.2. The zero-order chi connectivity index (χ0) is 16.2. The maximum Gasteiger partial charge on any atom is 0.573 e. The van der Waals surface area contributed by atoms with Crippen LogP contribution in [0.2, 0.25) is 0 Å². The van der Waals surface area contributed by atoms with Gasteiger partial charge in [0.15, 0.2) is 0 Å². The molecule has 0 aromatic heterocycles. The summed E-state index contributed by atoms with van der Waals surface area (Å²) in [4.78, 5) is 0. The van der Waals surface area contributed by atoms with Crippen molar-refractivity contribution in [2.45, 2.75) is 38.8 Å². The van der Waals surface area contributed by atoms with Gasteiger partial charge in [0, 0.05) is 11.6 Å². The Balaban J connectivity index is 0.00000441. The van der Waals surface area contributed by atoms with Crippen LogP contribution in [-0.2, 0) is 0 Å². The first-order chi connectivity index (χ1) is 9.69. The summed E-state index contributed by atoms with van der Waals surface area (Å²) in [6, 6.07) is 2.87. The molecule has 128 valence electrons. The molecule has 1 rings (SSSR count). The summed E-state index contributed by atoms with van der Waals surface area (Å²) in [5.41, 5.74) is 6.41. The lowest BCUT2D eigenvalue weighted by Crippen LogP contribution is -2.31. The van der Waals surface area contributed by atoms with Gasteiger partial charge in [-0.2, -0.15) is 0 Å². The highest BCUT2D eigenvalue weighted by Gasteiger charge is 2.32. The van der Waals surface area contributed by atoms with E-state index >= 15 is 0 Å². The van der Waals surface area contributed by atoms with Gasteiger partial charge in [0.25, 0.3) is 0 Å². The summed E-state index contributed by atoms with van der Waals surface area (Å²) in [6.45, 7) is 3.76. The average molecular weight is 344 g/mol. The second kappa shape index (κ2) is 8.45. The van der Waals surface area contributed by atoms with Crippen molar-refractivity contribution in [1.29, 1.82) is 0 Å². The summed E-state index contributed by atoms with van der Waals surface area (Å²) >= 11 is 0. The van der Waals surface area contributed by atoms with Crippen LogP contribution < -0.4 is 15.2 Å². The van der Waals surface area contributed by atoms with Gasteiger partial charge in [0.1, 0.15) is 11.5 Å². The Hall–Kier alpha value is -1.18. The Morgan fingerprint density at radius 1 is 1.32 bits per heavy atom. The quantitative estimate of drug-likeness (QED) is 0.830. The van der Waals surface area contributed by atoms with Gasteiger partial charge in [0.2, 0.25) is 0 Å². The molecule has 0 heterocycles. The molecule has 0 spiro atoms. The van der Waals surface area contributed by atoms with Gasteiger partial charge in [0.05, 0.1) is 19.3 Å². The van der Waals surface area contributed by atoms with E-state index in [4.69, 9.17) is 10.5 Å². The number of benzene rings is 1. The largest absolute Gasteiger partial charge is 0.573 e. The highest BCUT2D eigenvalue weighted by molar-refractivity contribution is 5.85. The zero-order valence-corrected chi connectivity index (χ0v) is 13.4. The van der Waals surface area contributed by atoms with Crippen molar-refractivity contribution in [2.24, 2.45) is 11.7 Å². The summed E-state index contributed by atoms with van der Waals surface area (Å²) in [7, 11) is 1.32. The fourth-order valence-electron chi connectivity index (χ4n) is 1.94. The van der Waals surface area contributed by atoms with Crippen LogP contribution >= 0.6 is 12.4 Å². The van der Waals surface area contributed by atoms with Gasteiger partial charge in [-0.3, -0.25) is 0 Å². The van der Waals surface area contributed by atoms with Crippen molar-refractivity contribution >= 4 is 12.4 Å². The van der Waals surface area contributed by atoms with Crippen molar-refractivity contribution in [3.63, 3.8) is 0 Å². The highest BCUT2D eigenvalue weighted by atomic mass is 35.5. The van der Waals surface area contributed by atoms with Gasteiger partial charge in [-0.05, 0) is 18.1 Å². The number of methoxy groups -OCH3 is 1. The van der Waals surface area contributed by atoms with Crippen LogP contribution in [0.25, 0.3) is 0 Å². The minimum absolute atomic E-state index is 0. The Morgan fingerprint density at radius 2 is 1.91 bits per heavy atom. The van der Waals surface area contributed by atoms with Gasteiger partial charge in [-0.1, -0.05) is 20.3 Å². The van der Waals surface area contributed by atoms with Crippen LogP contribution in [0.1, 0.15) is 31.9 Å². The van der Waals surface area contributed by atoms with Crippen molar-refractivity contribution < 1.29 is 27.8 Å². The van der Waals surface area contributed by atoms with E-state index < -0.39 is 24.3 Å². The number of rotatable bonds is 6. The van der Waals surface area contributed by atoms with Crippen molar-refractivity contribution in [2.75, 3.05) is 7.11 Å². The Kier molecular flexibility index (Phi) is 8.00. The third-order valence-corrected chi connectivity index (χ3v) is 3.39. The summed E-state index contributed by atoms with van der Waals surface area (Å²) in [5.74, 6) is -0.296. The minimum atomic E-state index is -4.77. The second-order valence-electron chi connectivity index (χ2n) is 4.85. The number of hydrogen-bond acceptors (Lipinski definition) is 4. The predicted octanol–water partition coefficient (Wildman–Crippen LogP) is 3.42.